The summed E-state index contributed by atoms with van der Waals surface area (Å²) in [5.74, 6) is 0.782. The summed E-state index contributed by atoms with van der Waals surface area (Å²) in [6.07, 6.45) is 3.76. The van der Waals surface area contributed by atoms with E-state index in [1.807, 2.05) is 23.1 Å². The molecule has 1 aliphatic rings. The van der Waals surface area contributed by atoms with Crippen molar-refractivity contribution in [3.8, 4) is 0 Å². The number of amides is 1. The summed E-state index contributed by atoms with van der Waals surface area (Å²) in [4.78, 5) is 26.6. The van der Waals surface area contributed by atoms with Gasteiger partial charge in [-0.1, -0.05) is 58.4 Å². The van der Waals surface area contributed by atoms with Crippen molar-refractivity contribution in [1.29, 1.82) is 0 Å². The molecule has 1 fully saturated rings. The molecule has 0 unspecified atom stereocenters. The number of carbonyl (C=O) groups is 2. The average Bonchev–Trinajstić information content (AvgIpc) is 2.68. The number of halogens is 1. The van der Waals surface area contributed by atoms with Gasteiger partial charge in [-0.2, -0.15) is 0 Å². The number of carbonyl (C=O) groups excluding carboxylic acids is 2. The predicted octanol–water partition coefficient (Wildman–Crippen LogP) is 4.89. The highest BCUT2D eigenvalue weighted by Gasteiger charge is 2.23. The van der Waals surface area contributed by atoms with Crippen LogP contribution in [0.15, 0.2) is 59.1 Å². The van der Waals surface area contributed by atoms with Crippen molar-refractivity contribution in [3.63, 3.8) is 0 Å². The number of piperidine rings is 1. The summed E-state index contributed by atoms with van der Waals surface area (Å²) in [5, 5.41) is 0. The van der Waals surface area contributed by atoms with E-state index in [4.69, 9.17) is 0 Å². The number of nitrogens with zero attached hydrogens (tertiary/aromatic N) is 1. The highest BCUT2D eigenvalue weighted by Crippen LogP contribution is 2.22. The molecule has 0 bridgehead atoms. The Kier molecular flexibility index (Phi) is 6.62. The molecule has 1 aliphatic heterocycles. The van der Waals surface area contributed by atoms with Crippen molar-refractivity contribution in [2.24, 2.45) is 5.92 Å². The molecule has 0 radical (unpaired) electrons. The van der Waals surface area contributed by atoms with E-state index in [0.717, 1.165) is 36.8 Å². The van der Waals surface area contributed by atoms with Crippen molar-refractivity contribution in [2.45, 2.75) is 32.1 Å². The summed E-state index contributed by atoms with van der Waals surface area (Å²) in [6, 6.07) is 17.8. The number of Topliss-reactive ketones (excluding diaryl/α,β-unsaturated/α-hetero) is 1. The fourth-order valence-electron chi connectivity index (χ4n) is 3.49. The van der Waals surface area contributed by atoms with Crippen LogP contribution in [0.2, 0.25) is 0 Å². The van der Waals surface area contributed by atoms with E-state index in [9.17, 15) is 9.59 Å². The topological polar surface area (TPSA) is 37.4 Å². The minimum absolute atomic E-state index is 0.0322. The van der Waals surface area contributed by atoms with Crippen LogP contribution >= 0.6 is 15.9 Å². The summed E-state index contributed by atoms with van der Waals surface area (Å²) >= 11 is 3.36. The Labute approximate surface area is 163 Å². The van der Waals surface area contributed by atoms with Crippen LogP contribution in [0.1, 0.15) is 41.6 Å². The second-order valence-corrected chi connectivity index (χ2v) is 7.86. The zero-order valence-electron chi connectivity index (χ0n) is 14.9. The minimum Gasteiger partial charge on any atom is -0.343 e. The molecule has 1 saturated heterocycles. The first-order valence-corrected chi connectivity index (χ1v) is 10.0. The summed E-state index contributed by atoms with van der Waals surface area (Å²) in [7, 11) is 0. The molecule has 0 spiro atoms. The fraction of sp³-hybridized carbons (Fsp3) is 0.364. The molecule has 3 rings (SSSR count). The second kappa shape index (κ2) is 9.13. The van der Waals surface area contributed by atoms with Gasteiger partial charge in [0.15, 0.2) is 5.78 Å². The van der Waals surface area contributed by atoms with Crippen LogP contribution in [-0.2, 0) is 11.2 Å². The van der Waals surface area contributed by atoms with Crippen LogP contribution in [0.5, 0.6) is 0 Å². The lowest BCUT2D eigenvalue weighted by Crippen LogP contribution is -2.39. The summed E-state index contributed by atoms with van der Waals surface area (Å²) in [5.41, 5.74) is 2.04. The highest BCUT2D eigenvalue weighted by molar-refractivity contribution is 9.10. The van der Waals surface area contributed by atoms with Gasteiger partial charge in [-0.25, -0.2) is 0 Å². The quantitative estimate of drug-likeness (QED) is 0.631. The molecular weight excluding hydrogens is 390 g/mol. The van der Waals surface area contributed by atoms with Gasteiger partial charge in [-0.3, -0.25) is 9.59 Å². The van der Waals surface area contributed by atoms with Gasteiger partial charge >= 0.3 is 0 Å². The van der Waals surface area contributed by atoms with Crippen LogP contribution in [0, 0.1) is 5.92 Å². The first kappa shape index (κ1) is 18.8. The van der Waals surface area contributed by atoms with Crippen molar-refractivity contribution in [1.82, 2.24) is 4.90 Å². The van der Waals surface area contributed by atoms with Gasteiger partial charge in [0.1, 0.15) is 0 Å². The molecule has 2 aromatic carbocycles. The number of hydrogen-bond acceptors (Lipinski definition) is 2. The van der Waals surface area contributed by atoms with Gasteiger partial charge < -0.3 is 4.90 Å². The zero-order valence-corrected chi connectivity index (χ0v) is 16.5. The van der Waals surface area contributed by atoms with E-state index in [0.29, 0.717) is 17.9 Å². The Balaban J connectivity index is 1.42. The molecule has 4 heteroatoms. The highest BCUT2D eigenvalue weighted by atomic mass is 79.9. The van der Waals surface area contributed by atoms with E-state index in [1.165, 1.54) is 5.56 Å². The molecule has 0 aliphatic carbocycles. The molecule has 0 saturated carbocycles. The Bertz CT molecular complexity index is 734. The van der Waals surface area contributed by atoms with Gasteiger partial charge in [0, 0.05) is 36.0 Å². The molecule has 0 atom stereocenters. The van der Waals surface area contributed by atoms with Crippen LogP contribution in [-0.4, -0.2) is 29.7 Å². The molecule has 0 N–H and O–H groups in total. The van der Waals surface area contributed by atoms with E-state index in [2.05, 4.69) is 40.2 Å². The zero-order chi connectivity index (χ0) is 18.4. The normalized spacial score (nSPS) is 15.0. The largest absolute Gasteiger partial charge is 0.343 e. The van der Waals surface area contributed by atoms with E-state index < -0.39 is 0 Å². The third kappa shape index (κ3) is 5.28. The first-order valence-electron chi connectivity index (χ1n) is 9.22. The Hall–Kier alpha value is -1.94. The Morgan fingerprint density at radius 1 is 0.923 bits per heavy atom. The fourth-order valence-corrected chi connectivity index (χ4v) is 3.76. The molecule has 2 aromatic rings. The molecular formula is C22H24BrNO2. The Morgan fingerprint density at radius 2 is 1.58 bits per heavy atom. The van der Waals surface area contributed by atoms with Crippen LogP contribution < -0.4 is 0 Å². The maximum absolute atomic E-state index is 12.4. The van der Waals surface area contributed by atoms with Crippen LogP contribution in [0.4, 0.5) is 0 Å². The van der Waals surface area contributed by atoms with E-state index in [-0.39, 0.29) is 18.1 Å². The van der Waals surface area contributed by atoms with Gasteiger partial charge in [0.2, 0.25) is 5.91 Å². The number of hydrogen-bond donors (Lipinski definition) is 0. The predicted molar refractivity (Wildman–Crippen MR) is 107 cm³/mol. The first-order chi connectivity index (χ1) is 12.6. The maximum Gasteiger partial charge on any atom is 0.223 e. The van der Waals surface area contributed by atoms with Crippen LogP contribution in [0.25, 0.3) is 0 Å². The standard InChI is InChI=1S/C22H24BrNO2/c23-20-8-6-19(7-9-20)21(25)10-11-22(26)24-14-12-18(13-15-24)16-17-4-2-1-3-5-17/h1-9,18H,10-16H2. The van der Waals surface area contributed by atoms with Gasteiger partial charge in [-0.05, 0) is 42.9 Å². The Morgan fingerprint density at radius 3 is 2.23 bits per heavy atom. The van der Waals surface area contributed by atoms with Gasteiger partial charge in [0.05, 0.1) is 0 Å². The van der Waals surface area contributed by atoms with Gasteiger partial charge in [-0.15, -0.1) is 0 Å². The third-order valence-electron chi connectivity index (χ3n) is 5.07. The molecule has 136 valence electrons. The molecule has 1 heterocycles. The van der Waals surface area contributed by atoms with E-state index >= 15 is 0 Å². The SMILES string of the molecule is O=C(CCC(=O)N1CCC(Cc2ccccc2)CC1)c1ccc(Br)cc1. The monoisotopic (exact) mass is 413 g/mol. The number of rotatable bonds is 6. The smallest absolute Gasteiger partial charge is 0.223 e. The lowest BCUT2D eigenvalue weighted by molar-refractivity contribution is -0.132. The molecule has 3 nitrogen and oxygen atoms in total. The van der Waals surface area contributed by atoms with Crippen LogP contribution in [0.3, 0.4) is 0 Å². The minimum atomic E-state index is 0.0322. The van der Waals surface area contributed by atoms with Crippen molar-refractivity contribution in [3.05, 3.63) is 70.2 Å². The molecule has 1 amide bonds. The summed E-state index contributed by atoms with van der Waals surface area (Å²) in [6.45, 7) is 1.62. The van der Waals surface area contributed by atoms with Gasteiger partial charge in [0.25, 0.3) is 0 Å². The average molecular weight is 414 g/mol. The third-order valence-corrected chi connectivity index (χ3v) is 5.60. The lowest BCUT2D eigenvalue weighted by atomic mass is 9.90. The van der Waals surface area contributed by atoms with Crippen molar-refractivity contribution >= 4 is 27.6 Å². The lowest BCUT2D eigenvalue weighted by Gasteiger charge is -2.32. The number of likely N-dealkylation sites (tertiary alicyclic amines) is 1. The molecule has 0 aromatic heterocycles. The van der Waals surface area contributed by atoms with Crippen molar-refractivity contribution < 1.29 is 9.59 Å². The van der Waals surface area contributed by atoms with Crippen molar-refractivity contribution in [2.75, 3.05) is 13.1 Å². The maximum atomic E-state index is 12.4. The van der Waals surface area contributed by atoms with E-state index in [1.54, 1.807) is 12.1 Å². The number of benzene rings is 2. The summed E-state index contributed by atoms with van der Waals surface area (Å²) < 4.78 is 0.948. The second-order valence-electron chi connectivity index (χ2n) is 6.94. The molecule has 26 heavy (non-hydrogen) atoms. The number of ketones is 1.